The number of likely N-dealkylation sites (tertiary alicyclic amines) is 1. The molecule has 3 fully saturated rings. The first-order chi connectivity index (χ1) is 39.1. The Balaban J connectivity index is 0.669. The van der Waals surface area contributed by atoms with E-state index in [-0.39, 0.29) is 45.2 Å². The summed E-state index contributed by atoms with van der Waals surface area (Å²) in [7, 11) is 1.37. The van der Waals surface area contributed by atoms with Crippen molar-refractivity contribution >= 4 is 83.1 Å². The number of aliphatic hydroxyl groups excluding tert-OH is 1. The first-order valence-electron chi connectivity index (χ1n) is 28.9. The summed E-state index contributed by atoms with van der Waals surface area (Å²) in [5, 5.41) is 25.9. The zero-order valence-electron chi connectivity index (χ0n) is 48.5. The average Bonchev–Trinajstić information content (AvgIpc) is 4.13. The van der Waals surface area contributed by atoms with Crippen molar-refractivity contribution in [2.45, 2.75) is 134 Å². The third kappa shape index (κ3) is 17.1. The van der Waals surface area contributed by atoms with Gasteiger partial charge < -0.3 is 50.2 Å². The van der Waals surface area contributed by atoms with Crippen LogP contribution in [-0.2, 0) is 20.9 Å². The highest BCUT2D eigenvalue weighted by Crippen LogP contribution is 2.36. The molecule has 438 valence electrons. The number of amides is 3. The standard InChI is InChI=1S/C61H85ClN11O6PS/c1-61(2,3)55(59(77)73-40-46(74)37-50(73)57(76)63-38-42-21-23-43(24-22-42)54-58(81-7)65-41-79-54)68-53(75)20-14-12-10-8-9-11-13-17-29-70-32-34-72(35-33-70)44-27-30-71(31-28-44)45-25-26-48(51(36-45)78-4)67-60-64-39-47(62)56(69-60)66-49-18-15-16-19-52(49)80(5)6/h15-16,18-19,21-26,36,39,41,44,46,50,55,74H,8-14,17,20,27-35,37-38,40H2,1-7H3,(H,63,76)(H,68,75)(H2,64,66,67,69). The molecule has 5 aromatic rings. The summed E-state index contributed by atoms with van der Waals surface area (Å²) in [5.41, 5.74) is 4.10. The van der Waals surface area contributed by atoms with Gasteiger partial charge in [-0.3, -0.25) is 19.3 Å². The van der Waals surface area contributed by atoms with Crippen molar-refractivity contribution in [2.24, 2.45) is 5.41 Å². The minimum atomic E-state index is -0.838. The summed E-state index contributed by atoms with van der Waals surface area (Å²) in [6, 6.07) is 21.2. The van der Waals surface area contributed by atoms with Crippen molar-refractivity contribution in [1.82, 2.24) is 40.3 Å². The van der Waals surface area contributed by atoms with E-state index >= 15 is 0 Å². The van der Waals surface area contributed by atoms with Crippen molar-refractivity contribution in [3.05, 3.63) is 89.9 Å². The molecule has 3 aliphatic rings. The van der Waals surface area contributed by atoms with Crippen LogP contribution in [0.4, 0.5) is 28.8 Å². The lowest BCUT2D eigenvalue weighted by molar-refractivity contribution is -0.144. The van der Waals surface area contributed by atoms with Crippen LogP contribution in [0, 0.1) is 5.41 Å². The van der Waals surface area contributed by atoms with Gasteiger partial charge in [0.2, 0.25) is 23.7 Å². The number of piperazine rings is 1. The molecule has 20 heteroatoms. The number of unbranched alkanes of at least 4 members (excludes halogenated alkanes) is 7. The number of nitrogens with one attached hydrogen (secondary N) is 4. The van der Waals surface area contributed by atoms with Crippen molar-refractivity contribution < 1.29 is 28.6 Å². The number of halogens is 1. The van der Waals surface area contributed by atoms with Crippen LogP contribution in [0.25, 0.3) is 11.3 Å². The molecule has 3 amide bonds. The summed E-state index contributed by atoms with van der Waals surface area (Å²) < 4.78 is 11.4. The lowest BCUT2D eigenvalue weighted by Gasteiger charge is -2.43. The lowest BCUT2D eigenvalue weighted by atomic mass is 9.85. The molecule has 3 saturated heterocycles. The van der Waals surface area contributed by atoms with Gasteiger partial charge in [-0.2, -0.15) is 4.98 Å². The predicted molar refractivity (Wildman–Crippen MR) is 329 cm³/mol. The van der Waals surface area contributed by atoms with Gasteiger partial charge in [0.1, 0.15) is 27.9 Å². The minimum absolute atomic E-state index is 0.0384. The first kappa shape index (κ1) is 61.6. The SMILES string of the molecule is COc1cc(N2CCC(N3CCN(CCCCCCCCCCC(=O)NC(C(=O)N4CC(O)CC4C(=O)NCc4ccc(-c5ocnc5SC)cc4)C(C)(C)C)CC3)CC2)ccc1Nc1ncc(Cl)c(Nc2ccccc2P(C)C)n1. The summed E-state index contributed by atoms with van der Waals surface area (Å²) in [6.45, 7) is 18.2. The molecule has 3 aromatic carbocycles. The molecule has 8 rings (SSSR count). The zero-order chi connectivity index (χ0) is 57.5. The van der Waals surface area contributed by atoms with Gasteiger partial charge in [0.25, 0.3) is 0 Å². The second-order valence-corrected chi connectivity index (χ2v) is 26.5. The summed E-state index contributed by atoms with van der Waals surface area (Å²) in [5.74, 6) is 1.56. The molecular weight excluding hydrogens is 1080 g/mol. The fourth-order valence-corrected chi connectivity index (χ4v) is 12.9. The Morgan fingerprint density at radius 3 is 2.27 bits per heavy atom. The molecule has 3 unspecified atom stereocenters. The van der Waals surface area contributed by atoms with E-state index in [2.05, 4.69) is 89.6 Å². The van der Waals surface area contributed by atoms with Crippen LogP contribution in [-0.4, -0.2) is 156 Å². The highest BCUT2D eigenvalue weighted by Gasteiger charge is 2.44. The van der Waals surface area contributed by atoms with Gasteiger partial charge in [-0.25, -0.2) is 9.97 Å². The quantitative estimate of drug-likeness (QED) is 0.0199. The molecule has 81 heavy (non-hydrogen) atoms. The lowest BCUT2D eigenvalue weighted by Crippen LogP contribution is -2.57. The molecule has 3 aliphatic heterocycles. The zero-order valence-corrected chi connectivity index (χ0v) is 51.0. The molecular formula is C61H85ClN11O6PS. The molecule has 0 aliphatic carbocycles. The van der Waals surface area contributed by atoms with Crippen LogP contribution in [0.2, 0.25) is 5.02 Å². The monoisotopic (exact) mass is 1170 g/mol. The van der Waals surface area contributed by atoms with Crippen molar-refractivity contribution in [1.29, 1.82) is 0 Å². The van der Waals surface area contributed by atoms with E-state index in [0.29, 0.717) is 35.0 Å². The van der Waals surface area contributed by atoms with Crippen LogP contribution >= 0.6 is 31.3 Å². The molecule has 5 N–H and O–H groups in total. The number of rotatable bonds is 26. The van der Waals surface area contributed by atoms with Crippen LogP contribution in [0.15, 0.2) is 88.8 Å². The van der Waals surface area contributed by atoms with E-state index in [0.717, 1.165) is 123 Å². The van der Waals surface area contributed by atoms with Crippen molar-refractivity contribution in [2.75, 3.05) is 94.6 Å². The number of benzene rings is 3. The summed E-state index contributed by atoms with van der Waals surface area (Å²) in [4.78, 5) is 63.6. The second kappa shape index (κ2) is 29.7. The molecule has 17 nitrogen and oxygen atoms in total. The summed E-state index contributed by atoms with van der Waals surface area (Å²) in [6.07, 6.45) is 15.8. The van der Waals surface area contributed by atoms with Crippen molar-refractivity contribution in [3.8, 4) is 17.1 Å². The van der Waals surface area contributed by atoms with Crippen LogP contribution in [0.3, 0.4) is 0 Å². The number of aliphatic hydroxyl groups is 1. The number of piperidine rings is 1. The van der Waals surface area contributed by atoms with Gasteiger partial charge in [-0.05, 0) is 86.3 Å². The number of anilines is 5. The maximum atomic E-state index is 14.1. The van der Waals surface area contributed by atoms with E-state index in [1.165, 1.54) is 54.0 Å². The Morgan fingerprint density at radius 2 is 1.58 bits per heavy atom. The number of ether oxygens (including phenoxy) is 1. The molecule has 5 heterocycles. The minimum Gasteiger partial charge on any atom is -0.494 e. The second-order valence-electron chi connectivity index (χ2n) is 23.0. The third-order valence-corrected chi connectivity index (χ3v) is 18.2. The molecule has 0 saturated carbocycles. The van der Waals surface area contributed by atoms with Gasteiger partial charge in [0.15, 0.2) is 18.0 Å². The maximum absolute atomic E-state index is 14.1. The number of thioether (sulfide) groups is 1. The number of para-hydroxylation sites is 1. The Labute approximate surface area is 490 Å². The smallest absolute Gasteiger partial charge is 0.246 e. The number of aromatic nitrogens is 3. The molecule has 0 radical (unpaired) electrons. The van der Waals surface area contributed by atoms with Gasteiger partial charge in [0, 0.05) is 94.2 Å². The Morgan fingerprint density at radius 1 is 0.877 bits per heavy atom. The Bertz CT molecular complexity index is 2840. The molecule has 2 aromatic heterocycles. The topological polar surface area (TPSA) is 194 Å². The fraction of sp³-hybridized carbons (Fsp3) is 0.541. The van der Waals surface area contributed by atoms with E-state index in [9.17, 15) is 19.5 Å². The third-order valence-electron chi connectivity index (χ3n) is 15.9. The van der Waals surface area contributed by atoms with E-state index in [1.807, 2.05) is 63.4 Å². The van der Waals surface area contributed by atoms with Gasteiger partial charge in [0.05, 0.1) is 25.1 Å². The molecule has 3 atom stereocenters. The number of methoxy groups -OCH3 is 1. The van der Waals surface area contributed by atoms with Crippen LogP contribution < -0.4 is 36.2 Å². The predicted octanol–water partition coefficient (Wildman–Crippen LogP) is 10.3. The number of carbonyl (C=O) groups excluding carboxylic acids is 3. The number of carbonyl (C=O) groups is 3. The Hall–Kier alpha value is -5.49. The number of β-amino-alcohol motifs (C(OH)–C–C–N with tert-alkyl or cyclic N) is 1. The largest absolute Gasteiger partial charge is 0.494 e. The van der Waals surface area contributed by atoms with E-state index < -0.39 is 23.6 Å². The number of oxazole rings is 1. The number of nitrogens with zero attached hydrogens (tertiary/aromatic N) is 7. The molecule has 0 bridgehead atoms. The van der Waals surface area contributed by atoms with Gasteiger partial charge >= 0.3 is 0 Å². The van der Waals surface area contributed by atoms with E-state index in [4.69, 9.17) is 25.7 Å². The van der Waals surface area contributed by atoms with Gasteiger partial charge in [-0.1, -0.05) is 121 Å². The highest BCUT2D eigenvalue weighted by molar-refractivity contribution is 7.98. The van der Waals surface area contributed by atoms with E-state index in [1.54, 1.807) is 13.3 Å². The fourth-order valence-electron chi connectivity index (χ4n) is 11.2. The first-order valence-corrected chi connectivity index (χ1v) is 32.8. The summed E-state index contributed by atoms with van der Waals surface area (Å²) >= 11 is 8.06. The van der Waals surface area contributed by atoms with Gasteiger partial charge in [-0.15, -0.1) is 11.8 Å². The average molecular weight is 1170 g/mol. The normalized spacial score (nSPS) is 17.8. The Kier molecular flexibility index (Phi) is 22.5. The number of hydrogen-bond acceptors (Lipinski definition) is 15. The maximum Gasteiger partial charge on any atom is 0.246 e. The number of hydrogen-bond donors (Lipinski definition) is 5. The van der Waals surface area contributed by atoms with Crippen LogP contribution in [0.5, 0.6) is 5.75 Å². The molecule has 0 spiro atoms. The highest BCUT2D eigenvalue weighted by atomic mass is 35.5. The van der Waals surface area contributed by atoms with Crippen molar-refractivity contribution in [3.63, 3.8) is 0 Å². The van der Waals surface area contributed by atoms with Crippen LogP contribution in [0.1, 0.15) is 103 Å².